The molecule has 4 nitrogen and oxygen atoms in total. The molecule has 2 aliphatic carbocycles. The number of aromatic nitrogens is 1. The SMILES string of the molecule is CCCC1CCc2nc(NC(=O)COCC3CC3)sc2C1. The summed E-state index contributed by atoms with van der Waals surface area (Å²) in [5.74, 6) is 1.42. The Bertz CT molecular complexity index is 496. The molecule has 0 spiro atoms. The van der Waals surface area contributed by atoms with Gasteiger partial charge in [-0.25, -0.2) is 4.98 Å². The fourth-order valence-electron chi connectivity index (χ4n) is 2.91. The lowest BCUT2D eigenvalue weighted by Crippen LogP contribution is -2.19. The molecular weight excluding hydrogens is 284 g/mol. The molecule has 0 radical (unpaired) electrons. The van der Waals surface area contributed by atoms with Crippen molar-refractivity contribution < 1.29 is 9.53 Å². The molecule has 1 N–H and O–H groups in total. The second-order valence-electron chi connectivity index (χ2n) is 6.29. The van der Waals surface area contributed by atoms with Gasteiger partial charge in [0.05, 0.1) is 12.3 Å². The van der Waals surface area contributed by atoms with Crippen LogP contribution < -0.4 is 5.32 Å². The van der Waals surface area contributed by atoms with Crippen LogP contribution in [-0.2, 0) is 22.4 Å². The van der Waals surface area contributed by atoms with Gasteiger partial charge in [0.25, 0.3) is 5.91 Å². The minimum Gasteiger partial charge on any atom is -0.371 e. The van der Waals surface area contributed by atoms with Crippen LogP contribution in [-0.4, -0.2) is 24.1 Å². The second-order valence-corrected chi connectivity index (χ2v) is 7.38. The van der Waals surface area contributed by atoms with Gasteiger partial charge >= 0.3 is 0 Å². The first kappa shape index (κ1) is 15.0. The highest BCUT2D eigenvalue weighted by Gasteiger charge is 2.23. The number of hydrogen-bond acceptors (Lipinski definition) is 4. The number of thiazole rings is 1. The normalized spacial score (nSPS) is 21.1. The summed E-state index contributed by atoms with van der Waals surface area (Å²) in [6.45, 7) is 3.12. The summed E-state index contributed by atoms with van der Waals surface area (Å²) in [5.41, 5.74) is 1.20. The predicted molar refractivity (Wildman–Crippen MR) is 84.7 cm³/mol. The number of nitrogens with zero attached hydrogens (tertiary/aromatic N) is 1. The van der Waals surface area contributed by atoms with Crippen molar-refractivity contribution in [3.8, 4) is 0 Å². The van der Waals surface area contributed by atoms with Crippen molar-refractivity contribution >= 4 is 22.4 Å². The third-order valence-electron chi connectivity index (χ3n) is 4.27. The molecule has 3 rings (SSSR count). The summed E-state index contributed by atoms with van der Waals surface area (Å²) in [7, 11) is 0. The van der Waals surface area contributed by atoms with E-state index in [9.17, 15) is 4.79 Å². The van der Waals surface area contributed by atoms with Crippen LogP contribution >= 0.6 is 11.3 Å². The molecule has 1 atom stereocenters. The summed E-state index contributed by atoms with van der Waals surface area (Å²) in [4.78, 5) is 17.8. The lowest BCUT2D eigenvalue weighted by atomic mass is 9.88. The number of carbonyl (C=O) groups is 1. The molecule has 1 unspecified atom stereocenters. The smallest absolute Gasteiger partial charge is 0.252 e. The molecule has 5 heteroatoms. The third kappa shape index (κ3) is 4.27. The van der Waals surface area contributed by atoms with Crippen molar-refractivity contribution in [3.05, 3.63) is 10.6 Å². The zero-order valence-corrected chi connectivity index (χ0v) is 13.5. The van der Waals surface area contributed by atoms with Crippen LogP contribution in [0, 0.1) is 11.8 Å². The largest absolute Gasteiger partial charge is 0.371 e. The second kappa shape index (κ2) is 6.88. The van der Waals surface area contributed by atoms with Crippen molar-refractivity contribution in [3.63, 3.8) is 0 Å². The number of fused-ring (bicyclic) bond motifs is 1. The van der Waals surface area contributed by atoms with E-state index in [2.05, 4.69) is 17.2 Å². The first-order valence-electron chi connectivity index (χ1n) is 8.10. The van der Waals surface area contributed by atoms with Crippen molar-refractivity contribution in [2.24, 2.45) is 11.8 Å². The van der Waals surface area contributed by atoms with Crippen molar-refractivity contribution in [1.29, 1.82) is 0 Å². The molecule has 2 aliphatic rings. The molecule has 1 amide bonds. The Morgan fingerprint density at radius 2 is 2.24 bits per heavy atom. The summed E-state index contributed by atoms with van der Waals surface area (Å²) in [6.07, 6.45) is 8.48. The monoisotopic (exact) mass is 308 g/mol. The van der Waals surface area contributed by atoms with Gasteiger partial charge in [0.15, 0.2) is 5.13 Å². The summed E-state index contributed by atoms with van der Waals surface area (Å²) < 4.78 is 5.41. The van der Waals surface area contributed by atoms with Crippen molar-refractivity contribution in [2.75, 3.05) is 18.5 Å². The molecule has 1 aromatic rings. The van der Waals surface area contributed by atoms with Crippen molar-refractivity contribution in [1.82, 2.24) is 4.98 Å². The lowest BCUT2D eigenvalue weighted by Gasteiger charge is -2.19. The molecule has 1 saturated carbocycles. The number of amides is 1. The Hall–Kier alpha value is -0.940. The molecule has 1 aromatic heterocycles. The summed E-state index contributed by atoms with van der Waals surface area (Å²) >= 11 is 1.65. The van der Waals surface area contributed by atoms with E-state index < -0.39 is 0 Å². The summed E-state index contributed by atoms with van der Waals surface area (Å²) in [5, 5.41) is 3.63. The van der Waals surface area contributed by atoms with E-state index in [1.54, 1.807) is 11.3 Å². The number of aryl methyl sites for hydroxylation is 1. The molecule has 0 saturated heterocycles. The minimum absolute atomic E-state index is 0.0770. The van der Waals surface area contributed by atoms with Gasteiger partial charge in [-0.1, -0.05) is 19.8 Å². The van der Waals surface area contributed by atoms with E-state index in [4.69, 9.17) is 4.74 Å². The topological polar surface area (TPSA) is 51.2 Å². The highest BCUT2D eigenvalue weighted by Crippen LogP contribution is 2.34. The van der Waals surface area contributed by atoms with E-state index in [0.29, 0.717) is 5.92 Å². The van der Waals surface area contributed by atoms with Gasteiger partial charge in [-0.05, 0) is 43.9 Å². The number of anilines is 1. The number of carbonyl (C=O) groups excluding carboxylic acids is 1. The fraction of sp³-hybridized carbons (Fsp3) is 0.750. The Kier molecular flexibility index (Phi) is 4.91. The van der Waals surface area contributed by atoms with Crippen molar-refractivity contribution in [2.45, 2.75) is 51.9 Å². The van der Waals surface area contributed by atoms with Crippen LogP contribution in [0.2, 0.25) is 0 Å². The standard InChI is InChI=1S/C16H24N2O2S/c1-2-3-11-6-7-13-14(8-11)21-16(17-13)18-15(19)10-20-9-12-4-5-12/h11-12H,2-10H2,1H3,(H,17,18,19). The van der Waals surface area contributed by atoms with Gasteiger partial charge in [0.2, 0.25) is 0 Å². The van der Waals surface area contributed by atoms with E-state index in [1.807, 2.05) is 0 Å². The Morgan fingerprint density at radius 3 is 3.00 bits per heavy atom. The third-order valence-corrected chi connectivity index (χ3v) is 5.30. The molecule has 0 bridgehead atoms. The highest BCUT2D eigenvalue weighted by atomic mass is 32.1. The van der Waals surface area contributed by atoms with Crippen LogP contribution in [0.5, 0.6) is 0 Å². The molecule has 1 heterocycles. The van der Waals surface area contributed by atoms with E-state index >= 15 is 0 Å². The van der Waals surface area contributed by atoms with E-state index in [0.717, 1.165) is 30.5 Å². The number of rotatable bonds is 7. The maximum absolute atomic E-state index is 11.8. The lowest BCUT2D eigenvalue weighted by molar-refractivity contribution is -0.120. The van der Waals surface area contributed by atoms with E-state index in [-0.39, 0.29) is 12.5 Å². The van der Waals surface area contributed by atoms with Crippen LogP contribution in [0.15, 0.2) is 0 Å². The number of nitrogens with one attached hydrogen (secondary N) is 1. The zero-order valence-electron chi connectivity index (χ0n) is 12.7. The first-order valence-corrected chi connectivity index (χ1v) is 8.92. The van der Waals surface area contributed by atoms with E-state index in [1.165, 1.54) is 42.7 Å². The maximum atomic E-state index is 11.8. The molecule has 0 aliphatic heterocycles. The van der Waals surface area contributed by atoms with Crippen LogP contribution in [0.4, 0.5) is 5.13 Å². The Morgan fingerprint density at radius 1 is 1.38 bits per heavy atom. The molecule has 116 valence electrons. The van der Waals surface area contributed by atoms with Gasteiger partial charge in [-0.2, -0.15) is 0 Å². The zero-order chi connectivity index (χ0) is 14.7. The highest BCUT2D eigenvalue weighted by molar-refractivity contribution is 7.15. The fourth-order valence-corrected chi connectivity index (χ4v) is 4.05. The van der Waals surface area contributed by atoms with Crippen LogP contribution in [0.25, 0.3) is 0 Å². The average molecular weight is 308 g/mol. The Balaban J connectivity index is 1.48. The molecule has 21 heavy (non-hydrogen) atoms. The summed E-state index contributed by atoms with van der Waals surface area (Å²) in [6, 6.07) is 0. The average Bonchev–Trinajstić information content (AvgIpc) is 3.18. The molecular formula is C16H24N2O2S. The Labute approximate surface area is 130 Å². The van der Waals surface area contributed by atoms with Gasteiger partial charge in [0.1, 0.15) is 6.61 Å². The van der Waals surface area contributed by atoms with Crippen LogP contribution in [0.3, 0.4) is 0 Å². The quantitative estimate of drug-likeness (QED) is 0.840. The van der Waals surface area contributed by atoms with Gasteiger partial charge in [0, 0.05) is 4.88 Å². The number of ether oxygens (including phenoxy) is 1. The maximum Gasteiger partial charge on any atom is 0.252 e. The minimum atomic E-state index is -0.0770. The van der Waals surface area contributed by atoms with Gasteiger partial charge in [-0.15, -0.1) is 11.3 Å². The van der Waals surface area contributed by atoms with Gasteiger partial charge < -0.3 is 4.74 Å². The van der Waals surface area contributed by atoms with Crippen LogP contribution in [0.1, 0.15) is 49.6 Å². The van der Waals surface area contributed by atoms with Gasteiger partial charge in [-0.3, -0.25) is 10.1 Å². The predicted octanol–water partition coefficient (Wildman–Crippen LogP) is 3.41. The number of hydrogen-bond donors (Lipinski definition) is 1. The molecule has 0 aromatic carbocycles. The molecule has 1 fully saturated rings. The first-order chi connectivity index (χ1) is 10.2.